The molecule has 3 aromatic carbocycles. The van der Waals surface area contributed by atoms with Gasteiger partial charge in [-0.25, -0.2) is 13.1 Å². The highest BCUT2D eigenvalue weighted by Crippen LogP contribution is 2.24. The monoisotopic (exact) mass is 521 g/mol. The Kier molecular flexibility index (Phi) is 9.10. The van der Waals surface area contributed by atoms with Crippen molar-refractivity contribution in [1.29, 1.82) is 0 Å². The van der Waals surface area contributed by atoms with Gasteiger partial charge in [-0.1, -0.05) is 84.9 Å². The molecule has 3 aromatic rings. The van der Waals surface area contributed by atoms with Crippen molar-refractivity contribution in [3.05, 3.63) is 107 Å². The average Bonchev–Trinajstić information content (AvgIpc) is 3.32. The second kappa shape index (κ2) is 12.5. The SMILES string of the molecule is CN(C(=O)Cc1ccc(CNS(=O)(=O)Cc2ccccc2)cc1)[C@H](CN1CC[C@H](O)C1)c1ccccc1. The number of amides is 1. The summed E-state index contributed by atoms with van der Waals surface area (Å²) in [6.45, 7) is 2.32. The molecular formula is C29H35N3O4S. The fourth-order valence-electron chi connectivity index (χ4n) is 4.64. The molecule has 2 atom stereocenters. The second-order valence-corrected chi connectivity index (χ2v) is 11.5. The first kappa shape index (κ1) is 27.0. The lowest BCUT2D eigenvalue weighted by Crippen LogP contribution is -2.39. The lowest BCUT2D eigenvalue weighted by atomic mass is 10.0. The molecule has 0 spiro atoms. The highest BCUT2D eigenvalue weighted by atomic mass is 32.2. The van der Waals surface area contributed by atoms with Gasteiger partial charge in [0.15, 0.2) is 0 Å². The molecule has 1 saturated heterocycles. The van der Waals surface area contributed by atoms with Crippen molar-refractivity contribution in [1.82, 2.24) is 14.5 Å². The maximum Gasteiger partial charge on any atom is 0.227 e. The molecular weight excluding hydrogens is 486 g/mol. The van der Waals surface area contributed by atoms with Gasteiger partial charge in [-0.15, -0.1) is 0 Å². The number of likely N-dealkylation sites (tertiary alicyclic amines) is 1. The van der Waals surface area contributed by atoms with Crippen LogP contribution in [-0.4, -0.2) is 62.0 Å². The molecule has 0 saturated carbocycles. The Balaban J connectivity index is 1.35. The van der Waals surface area contributed by atoms with E-state index in [-0.39, 0.29) is 36.8 Å². The Morgan fingerprint density at radius 3 is 2.22 bits per heavy atom. The van der Waals surface area contributed by atoms with E-state index in [4.69, 9.17) is 0 Å². The number of carbonyl (C=O) groups is 1. The number of benzene rings is 3. The summed E-state index contributed by atoms with van der Waals surface area (Å²) in [5.41, 5.74) is 3.51. The van der Waals surface area contributed by atoms with Crippen molar-refractivity contribution < 1.29 is 18.3 Å². The Hall–Kier alpha value is -3.04. The van der Waals surface area contributed by atoms with Crippen LogP contribution in [0.15, 0.2) is 84.9 Å². The molecule has 1 amide bonds. The molecule has 1 aliphatic heterocycles. The van der Waals surface area contributed by atoms with E-state index in [1.54, 1.807) is 17.0 Å². The van der Waals surface area contributed by atoms with Crippen LogP contribution < -0.4 is 4.72 Å². The lowest BCUT2D eigenvalue weighted by Gasteiger charge is -2.32. The molecule has 1 fully saturated rings. The summed E-state index contributed by atoms with van der Waals surface area (Å²) in [5.74, 6) is -0.0592. The third kappa shape index (κ3) is 7.97. The van der Waals surface area contributed by atoms with Crippen molar-refractivity contribution in [2.24, 2.45) is 0 Å². The molecule has 37 heavy (non-hydrogen) atoms. The van der Waals surface area contributed by atoms with Gasteiger partial charge in [-0.2, -0.15) is 0 Å². The van der Waals surface area contributed by atoms with Gasteiger partial charge in [0, 0.05) is 33.2 Å². The minimum absolute atomic E-state index is 0.00455. The Labute approximate surface area is 219 Å². The summed E-state index contributed by atoms with van der Waals surface area (Å²) in [4.78, 5) is 17.3. The Bertz CT molecular complexity index is 1250. The normalized spacial score (nSPS) is 17.0. The molecule has 0 aromatic heterocycles. The number of aliphatic hydroxyl groups is 1. The maximum absolute atomic E-state index is 13.2. The van der Waals surface area contributed by atoms with E-state index in [0.29, 0.717) is 13.1 Å². The largest absolute Gasteiger partial charge is 0.392 e. The third-order valence-electron chi connectivity index (χ3n) is 6.80. The van der Waals surface area contributed by atoms with Gasteiger partial charge in [0.05, 0.1) is 24.3 Å². The van der Waals surface area contributed by atoms with Crippen molar-refractivity contribution >= 4 is 15.9 Å². The van der Waals surface area contributed by atoms with E-state index in [2.05, 4.69) is 9.62 Å². The van der Waals surface area contributed by atoms with Crippen molar-refractivity contribution in [2.75, 3.05) is 26.7 Å². The third-order valence-corrected chi connectivity index (χ3v) is 8.10. The lowest BCUT2D eigenvalue weighted by molar-refractivity contribution is -0.131. The Morgan fingerprint density at radius 1 is 0.973 bits per heavy atom. The Morgan fingerprint density at radius 2 is 1.59 bits per heavy atom. The van der Waals surface area contributed by atoms with Gasteiger partial charge in [0.1, 0.15) is 0 Å². The first-order valence-electron chi connectivity index (χ1n) is 12.6. The summed E-state index contributed by atoms with van der Waals surface area (Å²) in [6.07, 6.45) is 0.704. The number of rotatable bonds is 11. The first-order chi connectivity index (χ1) is 17.8. The van der Waals surface area contributed by atoms with Gasteiger partial charge in [-0.3, -0.25) is 9.69 Å². The molecule has 1 heterocycles. The summed E-state index contributed by atoms with van der Waals surface area (Å²) >= 11 is 0. The fraction of sp³-hybridized carbons (Fsp3) is 0.345. The number of likely N-dealkylation sites (N-methyl/N-ethyl adjacent to an activating group) is 1. The van der Waals surface area contributed by atoms with Gasteiger partial charge < -0.3 is 10.0 Å². The fourth-order valence-corrected chi connectivity index (χ4v) is 5.76. The van der Waals surface area contributed by atoms with Crippen LogP contribution >= 0.6 is 0 Å². The predicted molar refractivity (Wildman–Crippen MR) is 145 cm³/mol. The number of aliphatic hydroxyl groups excluding tert-OH is 1. The molecule has 7 nitrogen and oxygen atoms in total. The van der Waals surface area contributed by atoms with Crippen molar-refractivity contribution in [2.45, 2.75) is 37.3 Å². The number of sulfonamides is 1. The van der Waals surface area contributed by atoms with E-state index in [1.807, 2.05) is 79.8 Å². The summed E-state index contributed by atoms with van der Waals surface area (Å²) < 4.78 is 27.5. The summed E-state index contributed by atoms with van der Waals surface area (Å²) in [6, 6.07) is 26.4. The molecule has 0 unspecified atom stereocenters. The van der Waals surface area contributed by atoms with Crippen LogP contribution in [0.3, 0.4) is 0 Å². The molecule has 8 heteroatoms. The van der Waals surface area contributed by atoms with Gasteiger partial charge in [0.2, 0.25) is 15.9 Å². The quantitative estimate of drug-likeness (QED) is 0.405. The highest BCUT2D eigenvalue weighted by molar-refractivity contribution is 7.88. The first-order valence-corrected chi connectivity index (χ1v) is 14.2. The predicted octanol–water partition coefficient (Wildman–Crippen LogP) is 3.12. The van der Waals surface area contributed by atoms with Crippen LogP contribution in [-0.2, 0) is 33.5 Å². The number of carbonyl (C=O) groups excluding carboxylic acids is 1. The zero-order chi connectivity index (χ0) is 26.3. The minimum atomic E-state index is -3.45. The van der Waals surface area contributed by atoms with E-state index >= 15 is 0 Å². The number of nitrogens with one attached hydrogen (secondary N) is 1. The molecule has 0 radical (unpaired) electrons. The molecule has 0 aliphatic carbocycles. The van der Waals surface area contributed by atoms with E-state index in [9.17, 15) is 18.3 Å². The van der Waals surface area contributed by atoms with Crippen LogP contribution in [0.2, 0.25) is 0 Å². The van der Waals surface area contributed by atoms with Gasteiger partial charge in [-0.05, 0) is 28.7 Å². The number of hydrogen-bond acceptors (Lipinski definition) is 5. The smallest absolute Gasteiger partial charge is 0.227 e. The van der Waals surface area contributed by atoms with Crippen molar-refractivity contribution in [3.8, 4) is 0 Å². The van der Waals surface area contributed by atoms with Crippen LogP contribution in [0.5, 0.6) is 0 Å². The van der Waals surface area contributed by atoms with E-state index < -0.39 is 10.0 Å². The van der Waals surface area contributed by atoms with Gasteiger partial charge in [0.25, 0.3) is 0 Å². The molecule has 2 N–H and O–H groups in total. The minimum Gasteiger partial charge on any atom is -0.392 e. The van der Waals surface area contributed by atoms with Crippen LogP contribution in [0.4, 0.5) is 0 Å². The molecule has 1 aliphatic rings. The topological polar surface area (TPSA) is 90.0 Å². The molecule has 4 rings (SSSR count). The summed E-state index contributed by atoms with van der Waals surface area (Å²) in [5, 5.41) is 9.94. The number of β-amino-alcohol motifs (C(OH)–C–C–N with tert-alkyl or cyclic N) is 1. The standard InChI is InChI=1S/C29H35N3O4S/c1-31(28(26-10-6-3-7-11-26)21-32-17-16-27(33)20-32)29(34)18-23-12-14-24(15-13-23)19-30-37(35,36)22-25-8-4-2-5-9-25/h2-15,27-28,30,33H,16-22H2,1H3/t27-,28+/m0/s1. The molecule has 196 valence electrons. The van der Waals surface area contributed by atoms with Crippen molar-refractivity contribution in [3.63, 3.8) is 0 Å². The van der Waals surface area contributed by atoms with Gasteiger partial charge >= 0.3 is 0 Å². The number of hydrogen-bond donors (Lipinski definition) is 2. The molecule has 0 bridgehead atoms. The zero-order valence-electron chi connectivity index (χ0n) is 21.2. The van der Waals surface area contributed by atoms with Crippen LogP contribution in [0.25, 0.3) is 0 Å². The number of nitrogens with zero attached hydrogens (tertiary/aromatic N) is 2. The van der Waals surface area contributed by atoms with E-state index in [0.717, 1.165) is 35.2 Å². The summed E-state index contributed by atoms with van der Waals surface area (Å²) in [7, 11) is -1.62. The maximum atomic E-state index is 13.2. The highest BCUT2D eigenvalue weighted by Gasteiger charge is 2.28. The van der Waals surface area contributed by atoms with Crippen LogP contribution in [0.1, 0.15) is 34.7 Å². The van der Waals surface area contributed by atoms with E-state index in [1.165, 1.54) is 0 Å². The zero-order valence-corrected chi connectivity index (χ0v) is 22.0. The second-order valence-electron chi connectivity index (χ2n) is 9.69. The van der Waals surface area contributed by atoms with Crippen LogP contribution in [0, 0.1) is 0 Å². The average molecular weight is 522 g/mol.